The van der Waals surface area contributed by atoms with Gasteiger partial charge in [-0.05, 0) is 24.2 Å². The van der Waals surface area contributed by atoms with Crippen molar-refractivity contribution in [2.24, 2.45) is 0 Å². The summed E-state index contributed by atoms with van der Waals surface area (Å²) in [5.74, 6) is -0.0585. The summed E-state index contributed by atoms with van der Waals surface area (Å²) in [6, 6.07) is 12.0. The summed E-state index contributed by atoms with van der Waals surface area (Å²) in [5, 5.41) is 11.9. The Hall–Kier alpha value is -1.93. The minimum Gasteiger partial charge on any atom is -0.344 e. The number of nitrogens with one attached hydrogen (secondary N) is 1. The molecule has 0 radical (unpaired) electrons. The van der Waals surface area contributed by atoms with Gasteiger partial charge in [-0.3, -0.25) is 4.79 Å². The lowest BCUT2D eigenvalue weighted by Gasteiger charge is -2.24. The molecule has 1 aromatic rings. The number of unbranched alkanes of at least 4 members (excludes halogenated alkanes) is 1. The summed E-state index contributed by atoms with van der Waals surface area (Å²) in [6.45, 7) is 3.15. The second kappa shape index (κ2) is 9.89. The number of rotatable bonds is 7. The average molecular weight is 303 g/mol. The van der Waals surface area contributed by atoms with Crippen molar-refractivity contribution in [3.63, 3.8) is 0 Å². The number of nitrogens with zero attached hydrogens (tertiary/aromatic N) is 2. The average Bonchev–Trinajstić information content (AvgIpc) is 2.50. The van der Waals surface area contributed by atoms with Crippen molar-refractivity contribution in [1.82, 2.24) is 10.2 Å². The molecule has 112 valence electrons. The van der Waals surface area contributed by atoms with Crippen LogP contribution in [-0.2, 0) is 11.3 Å². The Kier molecular flexibility index (Phi) is 8.07. The second-order valence-electron chi connectivity index (χ2n) is 4.77. The van der Waals surface area contributed by atoms with Crippen molar-refractivity contribution in [1.29, 1.82) is 5.26 Å². The molecule has 0 bridgehead atoms. The zero-order chi connectivity index (χ0) is 15.5. The standard InChI is InChI=1S/C16H21N3OS/c1-2-3-10-15(20)18-16(21)19(12-7-11-17)13-14-8-5-4-6-9-14/h4-6,8-9H,2-3,7,10,12-13H2,1H3,(H,18,20,21). The summed E-state index contributed by atoms with van der Waals surface area (Å²) >= 11 is 5.30. The van der Waals surface area contributed by atoms with Gasteiger partial charge in [0.1, 0.15) is 0 Å². The van der Waals surface area contributed by atoms with Crippen molar-refractivity contribution in [2.45, 2.75) is 39.2 Å². The minimum atomic E-state index is -0.0585. The summed E-state index contributed by atoms with van der Waals surface area (Å²) in [6.07, 6.45) is 2.68. The first-order chi connectivity index (χ1) is 10.2. The van der Waals surface area contributed by atoms with Crippen molar-refractivity contribution in [2.75, 3.05) is 6.54 Å². The molecule has 1 aromatic carbocycles. The molecule has 0 spiro atoms. The fourth-order valence-corrected chi connectivity index (χ4v) is 2.11. The fourth-order valence-electron chi connectivity index (χ4n) is 1.84. The number of hydrogen-bond acceptors (Lipinski definition) is 3. The normalized spacial score (nSPS) is 9.71. The molecular formula is C16H21N3OS. The van der Waals surface area contributed by atoms with Crippen molar-refractivity contribution < 1.29 is 4.79 Å². The number of benzene rings is 1. The predicted octanol–water partition coefficient (Wildman–Crippen LogP) is 2.99. The molecule has 1 rings (SSSR count). The number of hydrogen-bond donors (Lipinski definition) is 1. The van der Waals surface area contributed by atoms with Gasteiger partial charge in [-0.25, -0.2) is 0 Å². The molecule has 5 heteroatoms. The summed E-state index contributed by atoms with van der Waals surface area (Å²) < 4.78 is 0. The van der Waals surface area contributed by atoms with Gasteiger partial charge in [0.2, 0.25) is 5.91 Å². The SMILES string of the molecule is CCCCC(=O)NC(=S)N(CCC#N)Cc1ccccc1. The van der Waals surface area contributed by atoms with Crippen LogP contribution in [0.5, 0.6) is 0 Å². The molecule has 0 aromatic heterocycles. The van der Waals surface area contributed by atoms with Crippen molar-refractivity contribution in [3.05, 3.63) is 35.9 Å². The van der Waals surface area contributed by atoms with Crippen LogP contribution in [0.3, 0.4) is 0 Å². The monoisotopic (exact) mass is 303 g/mol. The number of thiocarbonyl (C=S) groups is 1. The van der Waals surface area contributed by atoms with Crippen LogP contribution < -0.4 is 5.32 Å². The van der Waals surface area contributed by atoms with Crippen LogP contribution in [0.25, 0.3) is 0 Å². The molecule has 0 fully saturated rings. The lowest BCUT2D eigenvalue weighted by molar-refractivity contribution is -0.119. The molecule has 0 unspecified atom stereocenters. The highest BCUT2D eigenvalue weighted by Crippen LogP contribution is 2.06. The van der Waals surface area contributed by atoms with E-state index in [9.17, 15) is 4.79 Å². The van der Waals surface area contributed by atoms with Crippen LogP contribution >= 0.6 is 12.2 Å². The number of nitriles is 1. The highest BCUT2D eigenvalue weighted by atomic mass is 32.1. The third-order valence-corrected chi connectivity index (χ3v) is 3.36. The molecule has 0 saturated carbocycles. The summed E-state index contributed by atoms with van der Waals surface area (Å²) in [5.41, 5.74) is 1.10. The van der Waals surface area contributed by atoms with Crippen LogP contribution in [-0.4, -0.2) is 22.5 Å². The van der Waals surface area contributed by atoms with Gasteiger partial charge in [-0.2, -0.15) is 5.26 Å². The summed E-state index contributed by atoms with van der Waals surface area (Å²) in [4.78, 5) is 13.6. The molecule has 0 aliphatic heterocycles. The smallest absolute Gasteiger partial charge is 0.226 e. The lowest BCUT2D eigenvalue weighted by atomic mass is 10.2. The zero-order valence-electron chi connectivity index (χ0n) is 12.3. The molecule has 1 N–H and O–H groups in total. The highest BCUT2D eigenvalue weighted by molar-refractivity contribution is 7.80. The van der Waals surface area contributed by atoms with Gasteiger partial charge in [-0.1, -0.05) is 43.7 Å². The Morgan fingerprint density at radius 3 is 2.71 bits per heavy atom. The van der Waals surface area contributed by atoms with E-state index >= 15 is 0 Å². The van der Waals surface area contributed by atoms with Crippen molar-refractivity contribution >= 4 is 23.2 Å². The first-order valence-corrected chi connectivity index (χ1v) is 7.57. The Morgan fingerprint density at radius 2 is 2.10 bits per heavy atom. The van der Waals surface area contributed by atoms with Crippen LogP contribution in [0.15, 0.2) is 30.3 Å². The van der Waals surface area contributed by atoms with E-state index in [0.29, 0.717) is 31.0 Å². The summed E-state index contributed by atoms with van der Waals surface area (Å²) in [7, 11) is 0. The first-order valence-electron chi connectivity index (χ1n) is 7.17. The van der Waals surface area contributed by atoms with Gasteiger partial charge in [0.05, 0.1) is 12.5 Å². The van der Waals surface area contributed by atoms with E-state index in [1.54, 1.807) is 0 Å². The van der Waals surface area contributed by atoms with E-state index in [0.717, 1.165) is 18.4 Å². The quantitative estimate of drug-likeness (QED) is 0.787. The highest BCUT2D eigenvalue weighted by Gasteiger charge is 2.12. The number of amides is 1. The largest absolute Gasteiger partial charge is 0.344 e. The van der Waals surface area contributed by atoms with E-state index in [1.807, 2.05) is 42.2 Å². The zero-order valence-corrected chi connectivity index (χ0v) is 13.2. The number of carbonyl (C=O) groups is 1. The minimum absolute atomic E-state index is 0.0585. The van der Waals surface area contributed by atoms with Crippen LogP contribution in [0.2, 0.25) is 0 Å². The Balaban J connectivity index is 2.61. The molecule has 0 heterocycles. The third kappa shape index (κ3) is 6.87. The maximum absolute atomic E-state index is 11.8. The molecule has 4 nitrogen and oxygen atoms in total. The molecular weight excluding hydrogens is 282 g/mol. The molecule has 0 aliphatic rings. The van der Waals surface area contributed by atoms with Gasteiger partial charge < -0.3 is 10.2 Å². The van der Waals surface area contributed by atoms with Gasteiger partial charge in [0.25, 0.3) is 0 Å². The first kappa shape index (κ1) is 17.1. The topological polar surface area (TPSA) is 56.1 Å². The van der Waals surface area contributed by atoms with Crippen molar-refractivity contribution in [3.8, 4) is 6.07 Å². The van der Waals surface area contributed by atoms with Crippen LogP contribution in [0, 0.1) is 11.3 Å². The maximum Gasteiger partial charge on any atom is 0.226 e. The van der Waals surface area contributed by atoms with E-state index < -0.39 is 0 Å². The number of carbonyl (C=O) groups excluding carboxylic acids is 1. The van der Waals surface area contributed by atoms with Crippen LogP contribution in [0.1, 0.15) is 38.2 Å². The van der Waals surface area contributed by atoms with Gasteiger partial charge in [-0.15, -0.1) is 0 Å². The second-order valence-corrected chi connectivity index (χ2v) is 5.16. The van der Waals surface area contributed by atoms with Gasteiger partial charge in [0.15, 0.2) is 5.11 Å². The molecule has 21 heavy (non-hydrogen) atoms. The Morgan fingerprint density at radius 1 is 1.38 bits per heavy atom. The fraction of sp³-hybridized carbons (Fsp3) is 0.438. The van der Waals surface area contributed by atoms with E-state index in [2.05, 4.69) is 11.4 Å². The van der Waals surface area contributed by atoms with E-state index in [4.69, 9.17) is 17.5 Å². The van der Waals surface area contributed by atoms with Gasteiger partial charge >= 0.3 is 0 Å². The lowest BCUT2D eigenvalue weighted by Crippen LogP contribution is -2.42. The Labute approximate surface area is 131 Å². The Bertz CT molecular complexity index is 496. The molecule has 0 saturated heterocycles. The van der Waals surface area contributed by atoms with Crippen LogP contribution in [0.4, 0.5) is 0 Å². The van der Waals surface area contributed by atoms with E-state index in [-0.39, 0.29) is 5.91 Å². The van der Waals surface area contributed by atoms with E-state index in [1.165, 1.54) is 0 Å². The molecule has 1 amide bonds. The molecule has 0 aliphatic carbocycles. The predicted molar refractivity (Wildman–Crippen MR) is 87.3 cm³/mol. The van der Waals surface area contributed by atoms with Gasteiger partial charge in [0, 0.05) is 19.5 Å². The third-order valence-electron chi connectivity index (χ3n) is 3.00. The maximum atomic E-state index is 11.8. The molecule has 0 atom stereocenters.